The van der Waals surface area contributed by atoms with Gasteiger partial charge in [-0.15, -0.1) is 0 Å². The molecule has 0 bridgehead atoms. The van der Waals surface area contributed by atoms with Crippen molar-refractivity contribution in [3.05, 3.63) is 34.6 Å². The molecule has 0 saturated heterocycles. The molecule has 0 fully saturated rings. The smallest absolute Gasteiger partial charge is 0.338 e. The zero-order chi connectivity index (χ0) is 12.5. The maximum atomic E-state index is 13.4. The molecule has 0 amide bonds. The van der Waals surface area contributed by atoms with E-state index in [1.165, 1.54) is 6.07 Å². The third-order valence-corrected chi connectivity index (χ3v) is 2.24. The van der Waals surface area contributed by atoms with Crippen molar-refractivity contribution < 1.29 is 13.9 Å². The lowest BCUT2D eigenvalue weighted by molar-refractivity contribution is 0.00689. The van der Waals surface area contributed by atoms with E-state index in [4.69, 9.17) is 4.74 Å². The Hall–Kier alpha value is -1.38. The monoisotopic (exact) mass is 224 g/mol. The van der Waals surface area contributed by atoms with Crippen LogP contribution >= 0.6 is 0 Å². The van der Waals surface area contributed by atoms with Gasteiger partial charge in [0.1, 0.15) is 11.4 Å². The van der Waals surface area contributed by atoms with Gasteiger partial charge in [-0.25, -0.2) is 9.18 Å². The minimum atomic E-state index is -0.563. The second-order valence-corrected chi connectivity index (χ2v) is 4.90. The normalized spacial score (nSPS) is 11.4. The van der Waals surface area contributed by atoms with E-state index in [-0.39, 0.29) is 11.4 Å². The summed E-state index contributed by atoms with van der Waals surface area (Å²) in [5.74, 6) is -0.865. The molecule has 0 radical (unpaired) electrons. The Morgan fingerprint density at radius 2 is 1.81 bits per heavy atom. The fourth-order valence-electron chi connectivity index (χ4n) is 1.27. The van der Waals surface area contributed by atoms with E-state index in [2.05, 4.69) is 0 Å². The highest BCUT2D eigenvalue weighted by Crippen LogP contribution is 2.18. The Morgan fingerprint density at radius 1 is 1.25 bits per heavy atom. The zero-order valence-corrected chi connectivity index (χ0v) is 10.3. The molecule has 0 aliphatic carbocycles. The van der Waals surface area contributed by atoms with E-state index < -0.39 is 11.6 Å². The zero-order valence-electron chi connectivity index (χ0n) is 10.3. The number of ether oxygens (including phenoxy) is 1. The number of benzene rings is 1. The topological polar surface area (TPSA) is 26.3 Å². The Bertz CT molecular complexity index is 393. The summed E-state index contributed by atoms with van der Waals surface area (Å²) < 4.78 is 18.6. The van der Waals surface area contributed by atoms with Crippen LogP contribution in [0.25, 0.3) is 0 Å². The van der Waals surface area contributed by atoms with Crippen LogP contribution < -0.4 is 0 Å². The molecule has 0 spiro atoms. The molecule has 2 nitrogen and oxygen atoms in total. The number of esters is 1. The summed E-state index contributed by atoms with van der Waals surface area (Å²) in [6.07, 6.45) is 0. The predicted octanol–water partition coefficient (Wildman–Crippen LogP) is 3.40. The summed E-state index contributed by atoms with van der Waals surface area (Å²) in [5, 5.41) is 0. The highest BCUT2D eigenvalue weighted by atomic mass is 19.1. The lowest BCUT2D eigenvalue weighted by Gasteiger charge is -2.19. The molecule has 3 heteroatoms. The van der Waals surface area contributed by atoms with E-state index in [0.717, 1.165) is 5.56 Å². The first kappa shape index (κ1) is 12.7. The summed E-state index contributed by atoms with van der Waals surface area (Å²) in [4.78, 5) is 11.7. The van der Waals surface area contributed by atoms with Crippen LogP contribution in [-0.4, -0.2) is 11.6 Å². The molecule has 0 saturated carbocycles. The molecule has 0 unspecified atom stereocenters. The Kier molecular flexibility index (Phi) is 3.36. The number of hydrogen-bond acceptors (Lipinski definition) is 2. The highest BCUT2D eigenvalue weighted by Gasteiger charge is 2.19. The van der Waals surface area contributed by atoms with Crippen LogP contribution in [-0.2, 0) is 4.74 Å². The summed E-state index contributed by atoms with van der Waals surface area (Å²) in [6, 6.07) is 2.86. The third-order valence-electron chi connectivity index (χ3n) is 2.24. The van der Waals surface area contributed by atoms with Gasteiger partial charge < -0.3 is 4.74 Å². The van der Waals surface area contributed by atoms with Gasteiger partial charge in [-0.05, 0) is 57.9 Å². The standard InChI is InChI=1S/C13H17FO2/c1-8-6-10(7-11(14)9(8)2)12(15)16-13(3,4)5/h6-7H,1-5H3. The van der Waals surface area contributed by atoms with Crippen LogP contribution in [0.5, 0.6) is 0 Å². The minimum absolute atomic E-state index is 0.260. The molecular formula is C13H17FO2. The highest BCUT2D eigenvalue weighted by molar-refractivity contribution is 5.90. The Balaban J connectivity index is 3.02. The van der Waals surface area contributed by atoms with Crippen molar-refractivity contribution in [1.29, 1.82) is 0 Å². The van der Waals surface area contributed by atoms with E-state index in [0.29, 0.717) is 5.56 Å². The van der Waals surface area contributed by atoms with Gasteiger partial charge in [0.05, 0.1) is 5.56 Å². The Morgan fingerprint density at radius 3 is 2.25 bits per heavy atom. The molecule has 0 atom stereocenters. The van der Waals surface area contributed by atoms with Gasteiger partial charge in [-0.1, -0.05) is 0 Å². The van der Waals surface area contributed by atoms with Crippen LogP contribution in [0.3, 0.4) is 0 Å². The van der Waals surface area contributed by atoms with Gasteiger partial charge in [0, 0.05) is 0 Å². The third kappa shape index (κ3) is 3.05. The van der Waals surface area contributed by atoms with Gasteiger partial charge in [-0.2, -0.15) is 0 Å². The maximum Gasteiger partial charge on any atom is 0.338 e. The number of carbonyl (C=O) groups is 1. The van der Waals surface area contributed by atoms with Gasteiger partial charge in [0.25, 0.3) is 0 Å². The number of carbonyl (C=O) groups excluding carboxylic acids is 1. The molecular weight excluding hydrogens is 207 g/mol. The molecule has 0 aliphatic rings. The fourth-order valence-corrected chi connectivity index (χ4v) is 1.27. The van der Waals surface area contributed by atoms with Gasteiger partial charge >= 0.3 is 5.97 Å². The van der Waals surface area contributed by atoms with Crippen molar-refractivity contribution in [2.45, 2.75) is 40.2 Å². The van der Waals surface area contributed by atoms with Crippen LogP contribution in [0.4, 0.5) is 4.39 Å². The number of hydrogen-bond donors (Lipinski definition) is 0. The van der Waals surface area contributed by atoms with Crippen molar-refractivity contribution in [2.75, 3.05) is 0 Å². The lowest BCUT2D eigenvalue weighted by Crippen LogP contribution is -2.24. The van der Waals surface area contributed by atoms with Crippen LogP contribution in [0, 0.1) is 19.7 Å². The minimum Gasteiger partial charge on any atom is -0.456 e. The SMILES string of the molecule is Cc1cc(C(=O)OC(C)(C)C)cc(F)c1C. The summed E-state index contributed by atoms with van der Waals surface area (Å²) in [7, 11) is 0. The van der Waals surface area contributed by atoms with E-state index >= 15 is 0 Å². The quantitative estimate of drug-likeness (QED) is 0.683. The average molecular weight is 224 g/mol. The van der Waals surface area contributed by atoms with Gasteiger partial charge in [0.15, 0.2) is 0 Å². The first-order chi connectivity index (χ1) is 7.20. The van der Waals surface area contributed by atoms with Crippen molar-refractivity contribution >= 4 is 5.97 Å². The predicted molar refractivity (Wildman–Crippen MR) is 61.0 cm³/mol. The molecule has 1 aromatic rings. The van der Waals surface area contributed by atoms with Crippen LogP contribution in [0.1, 0.15) is 42.3 Å². The second-order valence-electron chi connectivity index (χ2n) is 4.90. The van der Waals surface area contributed by atoms with Crippen molar-refractivity contribution in [2.24, 2.45) is 0 Å². The molecule has 0 heterocycles. The number of rotatable bonds is 1. The van der Waals surface area contributed by atoms with Crippen LogP contribution in [0.15, 0.2) is 12.1 Å². The Labute approximate surface area is 95.4 Å². The molecule has 16 heavy (non-hydrogen) atoms. The molecule has 0 N–H and O–H groups in total. The molecule has 88 valence electrons. The van der Waals surface area contributed by atoms with E-state index in [1.807, 2.05) is 0 Å². The van der Waals surface area contributed by atoms with E-state index in [1.54, 1.807) is 40.7 Å². The average Bonchev–Trinajstić information content (AvgIpc) is 2.10. The first-order valence-corrected chi connectivity index (χ1v) is 5.21. The molecule has 1 rings (SSSR count). The fraction of sp³-hybridized carbons (Fsp3) is 0.462. The number of aryl methyl sites for hydroxylation is 1. The molecule has 1 aromatic carbocycles. The van der Waals surface area contributed by atoms with E-state index in [9.17, 15) is 9.18 Å². The largest absolute Gasteiger partial charge is 0.456 e. The lowest BCUT2D eigenvalue weighted by atomic mass is 10.1. The van der Waals surface area contributed by atoms with Crippen molar-refractivity contribution in [1.82, 2.24) is 0 Å². The molecule has 0 aromatic heterocycles. The second kappa shape index (κ2) is 4.24. The van der Waals surface area contributed by atoms with Crippen LogP contribution in [0.2, 0.25) is 0 Å². The molecule has 0 aliphatic heterocycles. The number of halogens is 1. The maximum absolute atomic E-state index is 13.4. The summed E-state index contributed by atoms with van der Waals surface area (Å²) in [5.41, 5.74) is 1.01. The van der Waals surface area contributed by atoms with Crippen molar-refractivity contribution in [3.8, 4) is 0 Å². The first-order valence-electron chi connectivity index (χ1n) is 5.21. The summed E-state index contributed by atoms with van der Waals surface area (Å²) >= 11 is 0. The van der Waals surface area contributed by atoms with Gasteiger partial charge in [-0.3, -0.25) is 0 Å². The van der Waals surface area contributed by atoms with Gasteiger partial charge in [0.2, 0.25) is 0 Å². The van der Waals surface area contributed by atoms with Crippen molar-refractivity contribution in [3.63, 3.8) is 0 Å². The summed E-state index contributed by atoms with van der Waals surface area (Å²) in [6.45, 7) is 8.79.